The maximum Gasteiger partial charge on any atom is 0.326 e. The zero-order valence-corrected chi connectivity index (χ0v) is 11.3. The number of carboxylic acid groups (broad SMARTS) is 1. The monoisotopic (exact) mass is 270 g/mol. The minimum absolute atomic E-state index is 0.118. The smallest absolute Gasteiger partial charge is 0.326 e. The van der Waals surface area contributed by atoms with Crippen LogP contribution >= 0.6 is 0 Å². The summed E-state index contributed by atoms with van der Waals surface area (Å²) in [7, 11) is 1.74. The van der Waals surface area contributed by atoms with E-state index in [1.165, 1.54) is 11.3 Å². The van der Waals surface area contributed by atoms with Crippen LogP contribution in [0.2, 0.25) is 0 Å². The molecule has 2 N–H and O–H groups in total. The number of likely N-dealkylation sites (tertiary alicyclic amines) is 1. The zero-order chi connectivity index (χ0) is 14.0. The lowest BCUT2D eigenvalue weighted by atomic mass is 9.95. The Morgan fingerprint density at radius 3 is 2.42 bits per heavy atom. The first-order valence-electron chi connectivity index (χ1n) is 6.95. The fourth-order valence-electron chi connectivity index (χ4n) is 3.09. The van der Waals surface area contributed by atoms with Gasteiger partial charge < -0.3 is 20.0 Å². The number of hydrogen-bond acceptors (Lipinski definition) is 3. The second kappa shape index (κ2) is 5.77. The van der Waals surface area contributed by atoms with E-state index in [1.54, 1.807) is 11.9 Å². The number of urea groups is 1. The molecule has 1 heterocycles. The molecule has 2 aliphatic rings. The maximum atomic E-state index is 12.4. The number of amides is 2. The standard InChI is InChI=1S/C13H22N2O4/c1-14(9-5-3-2-4-6-9)13(19)15-8-10(16)7-11(15)12(17)18/h9-11,16H,2-8H2,1H3,(H,17,18). The lowest BCUT2D eigenvalue weighted by molar-refractivity contribution is -0.141. The molecule has 2 fully saturated rings. The van der Waals surface area contributed by atoms with Crippen LogP contribution in [0.4, 0.5) is 4.79 Å². The highest BCUT2D eigenvalue weighted by atomic mass is 16.4. The van der Waals surface area contributed by atoms with E-state index in [1.807, 2.05) is 0 Å². The number of carboxylic acids is 1. The Morgan fingerprint density at radius 2 is 1.84 bits per heavy atom. The van der Waals surface area contributed by atoms with Crippen molar-refractivity contribution in [3.63, 3.8) is 0 Å². The average Bonchev–Trinajstić information content (AvgIpc) is 2.80. The van der Waals surface area contributed by atoms with Crippen molar-refractivity contribution < 1.29 is 19.8 Å². The number of aliphatic hydroxyl groups excluding tert-OH is 1. The number of aliphatic hydroxyl groups is 1. The summed E-state index contributed by atoms with van der Waals surface area (Å²) in [5.74, 6) is -1.04. The van der Waals surface area contributed by atoms with Crippen LogP contribution in [0.1, 0.15) is 38.5 Å². The molecule has 6 heteroatoms. The van der Waals surface area contributed by atoms with Crippen molar-refractivity contribution in [3.05, 3.63) is 0 Å². The van der Waals surface area contributed by atoms with Gasteiger partial charge in [-0.2, -0.15) is 0 Å². The second-order valence-electron chi connectivity index (χ2n) is 5.58. The van der Waals surface area contributed by atoms with Crippen molar-refractivity contribution in [2.75, 3.05) is 13.6 Å². The van der Waals surface area contributed by atoms with Crippen LogP contribution in [0, 0.1) is 0 Å². The first kappa shape index (κ1) is 14.1. The molecule has 6 nitrogen and oxygen atoms in total. The lowest BCUT2D eigenvalue weighted by Crippen LogP contribution is -2.50. The summed E-state index contributed by atoms with van der Waals surface area (Å²) in [5.41, 5.74) is 0. The Hall–Kier alpha value is -1.30. The van der Waals surface area contributed by atoms with Gasteiger partial charge in [0.05, 0.1) is 6.10 Å². The first-order valence-corrected chi connectivity index (χ1v) is 6.95. The number of aliphatic carboxylic acids is 1. The molecule has 1 aliphatic heterocycles. The molecule has 19 heavy (non-hydrogen) atoms. The van der Waals surface area contributed by atoms with Gasteiger partial charge in [0, 0.05) is 26.1 Å². The Labute approximate surface area is 113 Å². The maximum absolute atomic E-state index is 12.4. The minimum Gasteiger partial charge on any atom is -0.480 e. The van der Waals surface area contributed by atoms with Gasteiger partial charge in [-0.15, -0.1) is 0 Å². The molecule has 1 saturated carbocycles. The molecule has 0 spiro atoms. The molecule has 0 bridgehead atoms. The van der Waals surface area contributed by atoms with Crippen LogP contribution in [0.3, 0.4) is 0 Å². The molecular weight excluding hydrogens is 248 g/mol. The van der Waals surface area contributed by atoms with E-state index in [-0.39, 0.29) is 25.0 Å². The van der Waals surface area contributed by atoms with Gasteiger partial charge in [0.15, 0.2) is 0 Å². The highest BCUT2D eigenvalue weighted by Gasteiger charge is 2.41. The lowest BCUT2D eigenvalue weighted by Gasteiger charge is -2.35. The van der Waals surface area contributed by atoms with Gasteiger partial charge in [0.2, 0.25) is 0 Å². The van der Waals surface area contributed by atoms with Crippen LogP contribution in [0.15, 0.2) is 0 Å². The molecule has 1 saturated heterocycles. The predicted octanol–water partition coefficient (Wildman–Crippen LogP) is 0.891. The second-order valence-corrected chi connectivity index (χ2v) is 5.58. The number of hydrogen-bond donors (Lipinski definition) is 2. The Kier molecular flexibility index (Phi) is 4.29. The minimum atomic E-state index is -1.04. The summed E-state index contributed by atoms with van der Waals surface area (Å²) in [6.45, 7) is 0.118. The predicted molar refractivity (Wildman–Crippen MR) is 68.8 cm³/mol. The summed E-state index contributed by atoms with van der Waals surface area (Å²) in [6.07, 6.45) is 4.80. The van der Waals surface area contributed by atoms with E-state index < -0.39 is 18.1 Å². The molecule has 0 aromatic rings. The van der Waals surface area contributed by atoms with Crippen LogP contribution in [-0.4, -0.2) is 63.8 Å². The van der Waals surface area contributed by atoms with E-state index in [0.29, 0.717) is 0 Å². The van der Waals surface area contributed by atoms with Crippen LogP contribution < -0.4 is 0 Å². The van der Waals surface area contributed by atoms with E-state index in [4.69, 9.17) is 5.11 Å². The van der Waals surface area contributed by atoms with Crippen molar-refractivity contribution in [1.29, 1.82) is 0 Å². The number of nitrogens with zero attached hydrogens (tertiary/aromatic N) is 2. The first-order chi connectivity index (χ1) is 9.00. The zero-order valence-electron chi connectivity index (χ0n) is 11.3. The molecule has 108 valence electrons. The topological polar surface area (TPSA) is 81.1 Å². The third-order valence-electron chi connectivity index (χ3n) is 4.23. The Bertz CT molecular complexity index is 355. The molecule has 0 aromatic heterocycles. The number of carbonyl (C=O) groups excluding carboxylic acids is 1. The van der Waals surface area contributed by atoms with Crippen molar-refractivity contribution >= 4 is 12.0 Å². The van der Waals surface area contributed by atoms with E-state index in [9.17, 15) is 14.7 Å². The quantitative estimate of drug-likeness (QED) is 0.781. The molecule has 0 radical (unpaired) electrons. The molecular formula is C13H22N2O4. The van der Waals surface area contributed by atoms with E-state index >= 15 is 0 Å². The van der Waals surface area contributed by atoms with Crippen molar-refractivity contribution in [2.45, 2.75) is 56.7 Å². The summed E-state index contributed by atoms with van der Waals surface area (Å²) in [5, 5.41) is 18.7. The molecule has 2 atom stereocenters. The van der Waals surface area contributed by atoms with Gasteiger partial charge in [0.25, 0.3) is 0 Å². The molecule has 1 aliphatic carbocycles. The van der Waals surface area contributed by atoms with E-state index in [2.05, 4.69) is 0 Å². The third-order valence-corrected chi connectivity index (χ3v) is 4.23. The normalized spacial score (nSPS) is 28.4. The number of carbonyl (C=O) groups is 2. The molecule has 0 aromatic carbocycles. The SMILES string of the molecule is CN(C(=O)N1CC(O)CC1C(=O)O)C1CCCCC1. The molecule has 2 rings (SSSR count). The van der Waals surface area contributed by atoms with Crippen molar-refractivity contribution in [1.82, 2.24) is 9.80 Å². The fraction of sp³-hybridized carbons (Fsp3) is 0.846. The van der Waals surface area contributed by atoms with Crippen molar-refractivity contribution in [2.24, 2.45) is 0 Å². The summed E-state index contributed by atoms with van der Waals surface area (Å²) in [6, 6.07) is -0.960. The van der Waals surface area contributed by atoms with Gasteiger partial charge in [-0.05, 0) is 12.8 Å². The summed E-state index contributed by atoms with van der Waals surface area (Å²) >= 11 is 0. The van der Waals surface area contributed by atoms with Gasteiger partial charge >= 0.3 is 12.0 Å². The largest absolute Gasteiger partial charge is 0.480 e. The Balaban J connectivity index is 2.02. The molecule has 2 unspecified atom stereocenters. The van der Waals surface area contributed by atoms with E-state index in [0.717, 1.165) is 25.7 Å². The van der Waals surface area contributed by atoms with Gasteiger partial charge in [-0.1, -0.05) is 19.3 Å². The van der Waals surface area contributed by atoms with Gasteiger partial charge in [-0.25, -0.2) is 9.59 Å². The van der Waals surface area contributed by atoms with Crippen LogP contribution in [0.25, 0.3) is 0 Å². The summed E-state index contributed by atoms with van der Waals surface area (Å²) in [4.78, 5) is 26.5. The highest BCUT2D eigenvalue weighted by Crippen LogP contribution is 2.25. The highest BCUT2D eigenvalue weighted by molar-refractivity contribution is 5.83. The van der Waals surface area contributed by atoms with Crippen molar-refractivity contribution in [3.8, 4) is 0 Å². The fourth-order valence-corrected chi connectivity index (χ4v) is 3.09. The third kappa shape index (κ3) is 3.00. The van der Waals surface area contributed by atoms with Crippen LogP contribution in [0.5, 0.6) is 0 Å². The summed E-state index contributed by atoms with van der Waals surface area (Å²) < 4.78 is 0. The number of β-amino-alcohol motifs (C(OH)–C–C–N with tert-alkyl or cyclic N) is 1. The molecule has 2 amide bonds. The number of rotatable bonds is 2. The van der Waals surface area contributed by atoms with Gasteiger partial charge in [0.1, 0.15) is 6.04 Å². The average molecular weight is 270 g/mol. The van der Waals surface area contributed by atoms with Gasteiger partial charge in [-0.3, -0.25) is 0 Å². The Morgan fingerprint density at radius 1 is 1.21 bits per heavy atom. The van der Waals surface area contributed by atoms with Crippen LogP contribution in [-0.2, 0) is 4.79 Å².